The summed E-state index contributed by atoms with van der Waals surface area (Å²) in [6.07, 6.45) is 0. The van der Waals surface area contributed by atoms with Gasteiger partial charge in [0.1, 0.15) is 5.75 Å². The Hall–Kier alpha value is -3.43. The minimum absolute atomic E-state index is 0.101. The van der Waals surface area contributed by atoms with Crippen LogP contribution in [-0.4, -0.2) is 34.8 Å². The van der Waals surface area contributed by atoms with Crippen LogP contribution in [-0.2, 0) is 20.4 Å². The number of aryl methyl sites for hydroxylation is 2. The Labute approximate surface area is 203 Å². The van der Waals surface area contributed by atoms with Gasteiger partial charge < -0.3 is 5.32 Å². The lowest BCUT2D eigenvalue weighted by atomic mass is 10.1. The highest BCUT2D eigenvalue weighted by molar-refractivity contribution is 7.99. The molecule has 0 aliphatic carbocycles. The molecule has 4 rings (SSSR count). The highest BCUT2D eigenvalue weighted by Crippen LogP contribution is 2.25. The van der Waals surface area contributed by atoms with Gasteiger partial charge >= 0.3 is 0 Å². The monoisotopic (exact) mass is 492 g/mol. The molecular weight excluding hydrogens is 468 g/mol. The maximum atomic E-state index is 13.0. The summed E-state index contributed by atoms with van der Waals surface area (Å²) >= 11 is 1.20. The van der Waals surface area contributed by atoms with Crippen LogP contribution >= 0.6 is 11.8 Å². The van der Waals surface area contributed by atoms with Crippen molar-refractivity contribution in [1.29, 1.82) is 0 Å². The van der Waals surface area contributed by atoms with Gasteiger partial charge in [-0.25, -0.2) is 8.42 Å². The van der Waals surface area contributed by atoms with Crippen LogP contribution < -0.4 is 5.32 Å². The summed E-state index contributed by atoms with van der Waals surface area (Å²) in [5.74, 6) is -0.110. The second-order valence-corrected chi connectivity index (χ2v) is 10.8. The van der Waals surface area contributed by atoms with E-state index in [0.29, 0.717) is 5.16 Å². The number of anilines is 1. The first-order valence-electron chi connectivity index (χ1n) is 10.6. The Morgan fingerprint density at radius 2 is 1.53 bits per heavy atom. The number of thioether (sulfide) groups is 1. The molecular formula is C25H24N4O3S2. The van der Waals surface area contributed by atoms with Crippen molar-refractivity contribution in [3.63, 3.8) is 0 Å². The molecule has 0 saturated heterocycles. The lowest BCUT2D eigenvalue weighted by Crippen LogP contribution is -2.15. The number of nitrogens with zero attached hydrogens (tertiary/aromatic N) is 3. The predicted octanol–water partition coefficient (Wildman–Crippen LogP) is 4.59. The number of para-hydroxylation sites is 1. The van der Waals surface area contributed by atoms with Crippen LogP contribution in [0.1, 0.15) is 17.0 Å². The molecule has 174 valence electrons. The van der Waals surface area contributed by atoms with E-state index < -0.39 is 9.84 Å². The maximum Gasteiger partial charge on any atom is 0.234 e. The summed E-state index contributed by atoms with van der Waals surface area (Å²) in [5.41, 5.74) is 3.59. The Morgan fingerprint density at radius 3 is 2.18 bits per heavy atom. The largest absolute Gasteiger partial charge is 0.325 e. The van der Waals surface area contributed by atoms with Crippen molar-refractivity contribution in [3.05, 3.63) is 95.8 Å². The zero-order valence-corrected chi connectivity index (χ0v) is 20.4. The number of amides is 1. The molecule has 0 aliphatic heterocycles. The first kappa shape index (κ1) is 23.7. The third-order valence-electron chi connectivity index (χ3n) is 4.97. The highest BCUT2D eigenvalue weighted by Gasteiger charge is 2.23. The van der Waals surface area contributed by atoms with Gasteiger partial charge in [0.15, 0.2) is 20.8 Å². The van der Waals surface area contributed by atoms with Crippen LogP contribution in [0.5, 0.6) is 0 Å². The normalized spacial score (nSPS) is 11.4. The average molecular weight is 493 g/mol. The number of carbonyl (C=O) groups is 1. The Bertz CT molecular complexity index is 1380. The van der Waals surface area contributed by atoms with Crippen molar-refractivity contribution in [3.8, 4) is 5.69 Å². The summed E-state index contributed by atoms with van der Waals surface area (Å²) in [6.45, 7) is 3.95. The molecule has 0 fully saturated rings. The third-order valence-corrected chi connectivity index (χ3v) is 7.53. The molecule has 9 heteroatoms. The molecule has 3 aromatic carbocycles. The van der Waals surface area contributed by atoms with Crippen molar-refractivity contribution in [1.82, 2.24) is 14.8 Å². The Balaban J connectivity index is 1.57. The van der Waals surface area contributed by atoms with Gasteiger partial charge in [-0.05, 0) is 61.4 Å². The fourth-order valence-corrected chi connectivity index (χ4v) is 5.61. The van der Waals surface area contributed by atoms with E-state index in [1.54, 1.807) is 34.9 Å². The standard InChI is InChI=1S/C25H24N4O3S2/c1-18-13-19(2)15-20(14-18)26-24(30)16-33-25-28-27-23(29(25)21-9-5-3-6-10-21)17-34(31,32)22-11-7-4-8-12-22/h3-15H,16-17H2,1-2H3,(H,26,30). The molecule has 0 spiro atoms. The third kappa shape index (κ3) is 5.73. The average Bonchev–Trinajstić information content (AvgIpc) is 3.20. The smallest absolute Gasteiger partial charge is 0.234 e. The zero-order valence-electron chi connectivity index (χ0n) is 18.8. The van der Waals surface area contributed by atoms with Crippen molar-refractivity contribution in [2.45, 2.75) is 29.7 Å². The van der Waals surface area contributed by atoms with Crippen LogP contribution in [0.3, 0.4) is 0 Å². The van der Waals surface area contributed by atoms with E-state index in [1.807, 2.05) is 62.4 Å². The number of rotatable bonds is 8. The zero-order chi connectivity index (χ0) is 24.1. The summed E-state index contributed by atoms with van der Waals surface area (Å²) in [6, 6.07) is 23.4. The van der Waals surface area contributed by atoms with E-state index in [-0.39, 0.29) is 28.1 Å². The molecule has 0 saturated carbocycles. The molecule has 1 N–H and O–H groups in total. The van der Waals surface area contributed by atoms with Crippen LogP contribution in [0, 0.1) is 13.8 Å². The van der Waals surface area contributed by atoms with E-state index in [9.17, 15) is 13.2 Å². The number of sulfone groups is 1. The second-order valence-electron chi connectivity index (χ2n) is 7.86. The fraction of sp³-hybridized carbons (Fsp3) is 0.160. The summed E-state index contributed by atoms with van der Waals surface area (Å²) < 4.78 is 27.6. The second kappa shape index (κ2) is 10.2. The topological polar surface area (TPSA) is 94.0 Å². The molecule has 0 unspecified atom stereocenters. The molecule has 7 nitrogen and oxygen atoms in total. The van der Waals surface area contributed by atoms with Crippen molar-refractivity contribution in [2.24, 2.45) is 0 Å². The van der Waals surface area contributed by atoms with Gasteiger partial charge in [0.25, 0.3) is 0 Å². The van der Waals surface area contributed by atoms with Crippen LogP contribution in [0.15, 0.2) is 88.9 Å². The van der Waals surface area contributed by atoms with E-state index in [0.717, 1.165) is 22.5 Å². The minimum atomic E-state index is -3.62. The molecule has 1 amide bonds. The Morgan fingerprint density at radius 1 is 0.912 bits per heavy atom. The van der Waals surface area contributed by atoms with E-state index in [2.05, 4.69) is 15.5 Å². The summed E-state index contributed by atoms with van der Waals surface area (Å²) in [5, 5.41) is 11.7. The van der Waals surface area contributed by atoms with Gasteiger partial charge in [0.05, 0.1) is 10.6 Å². The lowest BCUT2D eigenvalue weighted by molar-refractivity contribution is -0.113. The van der Waals surface area contributed by atoms with Gasteiger partial charge in [-0.1, -0.05) is 54.2 Å². The molecule has 1 heterocycles. The number of nitrogens with one attached hydrogen (secondary N) is 1. The molecule has 0 atom stereocenters. The van der Waals surface area contributed by atoms with E-state index in [4.69, 9.17) is 0 Å². The van der Waals surface area contributed by atoms with E-state index >= 15 is 0 Å². The van der Waals surface area contributed by atoms with Gasteiger partial charge in [-0.3, -0.25) is 9.36 Å². The van der Waals surface area contributed by atoms with Gasteiger partial charge in [-0.15, -0.1) is 10.2 Å². The van der Waals surface area contributed by atoms with Crippen molar-refractivity contribution in [2.75, 3.05) is 11.1 Å². The highest BCUT2D eigenvalue weighted by atomic mass is 32.2. The van der Waals surface area contributed by atoms with Crippen LogP contribution in [0.25, 0.3) is 5.69 Å². The Kier molecular flexibility index (Phi) is 7.14. The van der Waals surface area contributed by atoms with Crippen LogP contribution in [0.2, 0.25) is 0 Å². The van der Waals surface area contributed by atoms with Crippen molar-refractivity contribution < 1.29 is 13.2 Å². The van der Waals surface area contributed by atoms with Gasteiger partial charge in [0.2, 0.25) is 5.91 Å². The maximum absolute atomic E-state index is 13.0. The number of benzene rings is 3. The molecule has 4 aromatic rings. The first-order valence-corrected chi connectivity index (χ1v) is 13.2. The molecule has 0 bridgehead atoms. The molecule has 1 aromatic heterocycles. The minimum Gasteiger partial charge on any atom is -0.325 e. The van der Waals surface area contributed by atoms with Crippen molar-refractivity contribution >= 4 is 33.2 Å². The van der Waals surface area contributed by atoms with Gasteiger partial charge in [-0.2, -0.15) is 0 Å². The molecule has 0 radical (unpaired) electrons. The first-order chi connectivity index (χ1) is 16.3. The van der Waals surface area contributed by atoms with Crippen LogP contribution in [0.4, 0.5) is 5.69 Å². The SMILES string of the molecule is Cc1cc(C)cc(NC(=O)CSc2nnc(CS(=O)(=O)c3ccccc3)n2-c2ccccc2)c1. The number of hydrogen-bond donors (Lipinski definition) is 1. The van der Waals surface area contributed by atoms with E-state index in [1.165, 1.54) is 11.8 Å². The summed E-state index contributed by atoms with van der Waals surface area (Å²) in [7, 11) is -3.62. The fourth-order valence-electron chi connectivity index (χ4n) is 3.58. The predicted molar refractivity (Wildman–Crippen MR) is 134 cm³/mol. The summed E-state index contributed by atoms with van der Waals surface area (Å²) in [4.78, 5) is 12.8. The number of carbonyl (C=O) groups excluding carboxylic acids is 1. The number of aromatic nitrogens is 3. The molecule has 34 heavy (non-hydrogen) atoms. The van der Waals surface area contributed by atoms with Gasteiger partial charge in [0, 0.05) is 11.4 Å². The quantitative estimate of drug-likeness (QED) is 0.362. The molecule has 0 aliphatic rings. The lowest BCUT2D eigenvalue weighted by Gasteiger charge is -2.11. The number of hydrogen-bond acceptors (Lipinski definition) is 6.